The Bertz CT molecular complexity index is 354. The van der Waals surface area contributed by atoms with Crippen LogP contribution in [0.4, 0.5) is 0 Å². The Morgan fingerprint density at radius 3 is 2.45 bits per heavy atom. The molecule has 0 aliphatic carbocycles. The van der Waals surface area contributed by atoms with Gasteiger partial charge >= 0.3 is 0 Å². The predicted molar refractivity (Wildman–Crippen MR) is 83.0 cm³/mol. The first-order valence-electron chi connectivity index (χ1n) is 7.27. The Hall–Kier alpha value is -0.940. The van der Waals surface area contributed by atoms with Gasteiger partial charge in [0.05, 0.1) is 13.2 Å². The van der Waals surface area contributed by atoms with E-state index in [1.165, 1.54) is 11.1 Å². The highest BCUT2D eigenvalue weighted by atomic mass is 16.5. The van der Waals surface area contributed by atoms with E-state index in [2.05, 4.69) is 41.4 Å². The van der Waals surface area contributed by atoms with E-state index in [-0.39, 0.29) is 6.61 Å². The number of aliphatic hydroxyl groups excluding tert-OH is 1. The van der Waals surface area contributed by atoms with Gasteiger partial charge in [-0.05, 0) is 26.0 Å². The molecule has 4 nitrogen and oxygen atoms in total. The Morgan fingerprint density at radius 1 is 1.20 bits per heavy atom. The fraction of sp³-hybridized carbons (Fsp3) is 0.625. The Kier molecular flexibility index (Phi) is 8.46. The number of aliphatic hydroxyl groups is 1. The van der Waals surface area contributed by atoms with Crippen molar-refractivity contribution in [2.45, 2.75) is 19.4 Å². The summed E-state index contributed by atoms with van der Waals surface area (Å²) in [6.45, 7) is 5.51. The summed E-state index contributed by atoms with van der Waals surface area (Å²) in [5, 5.41) is 12.5. The predicted octanol–water partition coefficient (Wildman–Crippen LogP) is 1.59. The van der Waals surface area contributed by atoms with Crippen LogP contribution in [0.5, 0.6) is 0 Å². The van der Waals surface area contributed by atoms with Crippen molar-refractivity contribution < 1.29 is 9.84 Å². The third-order valence-electron chi connectivity index (χ3n) is 3.59. The molecule has 0 radical (unpaired) electrons. The zero-order valence-corrected chi connectivity index (χ0v) is 12.9. The molecule has 1 unspecified atom stereocenters. The summed E-state index contributed by atoms with van der Waals surface area (Å²) >= 11 is 0. The van der Waals surface area contributed by atoms with Gasteiger partial charge in [-0.2, -0.15) is 0 Å². The maximum atomic E-state index is 9.11. The van der Waals surface area contributed by atoms with Gasteiger partial charge in [0.2, 0.25) is 0 Å². The molecule has 1 rings (SSSR count). The largest absolute Gasteiger partial charge is 0.395 e. The molecule has 0 aliphatic rings. The summed E-state index contributed by atoms with van der Waals surface area (Å²) in [6, 6.07) is 9.01. The molecular weight excluding hydrogens is 252 g/mol. The monoisotopic (exact) mass is 280 g/mol. The molecule has 1 aromatic rings. The normalized spacial score (nSPS) is 12.8. The quantitative estimate of drug-likeness (QED) is 0.683. The molecule has 0 heterocycles. The summed E-state index contributed by atoms with van der Waals surface area (Å²) in [5.41, 5.74) is 2.60. The molecule has 0 saturated carbocycles. The zero-order valence-electron chi connectivity index (χ0n) is 12.9. The summed E-state index contributed by atoms with van der Waals surface area (Å²) in [4.78, 5) is 2.24. The van der Waals surface area contributed by atoms with Crippen LogP contribution < -0.4 is 5.32 Å². The minimum atomic E-state index is 0.193. The van der Waals surface area contributed by atoms with Gasteiger partial charge in [-0.25, -0.2) is 0 Å². The number of benzene rings is 1. The third-order valence-corrected chi connectivity index (χ3v) is 3.59. The SMILES string of the molecule is CNC(CCN(CCO)CCOC)c1ccc(C)cc1. The first-order valence-corrected chi connectivity index (χ1v) is 7.27. The van der Waals surface area contributed by atoms with E-state index in [1.54, 1.807) is 7.11 Å². The fourth-order valence-electron chi connectivity index (χ4n) is 2.29. The first-order chi connectivity index (χ1) is 9.71. The Labute approximate surface area is 122 Å². The van der Waals surface area contributed by atoms with Crippen LogP contribution in [0.1, 0.15) is 23.6 Å². The standard InChI is InChI=1S/C16H28N2O2/c1-14-4-6-15(7-5-14)16(17-2)8-9-18(10-12-19)11-13-20-3/h4-7,16-17,19H,8-13H2,1-3H3. The fourth-order valence-corrected chi connectivity index (χ4v) is 2.29. The lowest BCUT2D eigenvalue weighted by atomic mass is 10.0. The van der Waals surface area contributed by atoms with Crippen molar-refractivity contribution in [3.8, 4) is 0 Å². The molecule has 4 heteroatoms. The van der Waals surface area contributed by atoms with E-state index in [1.807, 2.05) is 7.05 Å². The highest BCUT2D eigenvalue weighted by Crippen LogP contribution is 2.17. The van der Waals surface area contributed by atoms with Gasteiger partial charge in [0.1, 0.15) is 0 Å². The number of nitrogens with one attached hydrogen (secondary N) is 1. The van der Waals surface area contributed by atoms with E-state index >= 15 is 0 Å². The number of ether oxygens (including phenoxy) is 1. The van der Waals surface area contributed by atoms with Crippen molar-refractivity contribution in [2.75, 3.05) is 47.0 Å². The molecule has 2 N–H and O–H groups in total. The van der Waals surface area contributed by atoms with Crippen LogP contribution >= 0.6 is 0 Å². The minimum Gasteiger partial charge on any atom is -0.395 e. The number of nitrogens with zero attached hydrogens (tertiary/aromatic N) is 1. The maximum absolute atomic E-state index is 9.11. The maximum Gasteiger partial charge on any atom is 0.0589 e. The smallest absolute Gasteiger partial charge is 0.0589 e. The molecule has 0 aliphatic heterocycles. The van der Waals surface area contributed by atoms with Gasteiger partial charge in [-0.15, -0.1) is 0 Å². The number of hydrogen-bond acceptors (Lipinski definition) is 4. The van der Waals surface area contributed by atoms with E-state index in [0.29, 0.717) is 19.2 Å². The molecular formula is C16H28N2O2. The lowest BCUT2D eigenvalue weighted by Gasteiger charge is -2.24. The van der Waals surface area contributed by atoms with Crippen LogP contribution in [0, 0.1) is 6.92 Å². The van der Waals surface area contributed by atoms with Gasteiger partial charge in [0, 0.05) is 32.8 Å². The van der Waals surface area contributed by atoms with E-state index in [4.69, 9.17) is 9.84 Å². The van der Waals surface area contributed by atoms with Crippen molar-refractivity contribution in [1.29, 1.82) is 0 Å². The summed E-state index contributed by atoms with van der Waals surface area (Å²) < 4.78 is 5.11. The molecule has 0 bridgehead atoms. The first kappa shape index (κ1) is 17.1. The topological polar surface area (TPSA) is 44.7 Å². The third kappa shape index (κ3) is 6.01. The highest BCUT2D eigenvalue weighted by molar-refractivity contribution is 5.24. The molecule has 114 valence electrons. The highest BCUT2D eigenvalue weighted by Gasteiger charge is 2.11. The summed E-state index contributed by atoms with van der Waals surface area (Å²) in [7, 11) is 3.70. The number of aryl methyl sites for hydroxylation is 1. The van der Waals surface area contributed by atoms with Crippen LogP contribution in [0.2, 0.25) is 0 Å². The van der Waals surface area contributed by atoms with Gasteiger partial charge in [0.15, 0.2) is 0 Å². The van der Waals surface area contributed by atoms with Crippen LogP contribution in [-0.2, 0) is 4.74 Å². The Balaban J connectivity index is 2.51. The lowest BCUT2D eigenvalue weighted by molar-refractivity contribution is 0.128. The van der Waals surface area contributed by atoms with Gasteiger partial charge in [-0.1, -0.05) is 29.8 Å². The van der Waals surface area contributed by atoms with Crippen molar-refractivity contribution in [3.05, 3.63) is 35.4 Å². The van der Waals surface area contributed by atoms with Crippen LogP contribution in [-0.4, -0.2) is 57.0 Å². The van der Waals surface area contributed by atoms with Crippen molar-refractivity contribution in [3.63, 3.8) is 0 Å². The summed E-state index contributed by atoms with van der Waals surface area (Å²) in [5.74, 6) is 0. The van der Waals surface area contributed by atoms with Gasteiger partial charge in [0.25, 0.3) is 0 Å². The number of rotatable bonds is 10. The average molecular weight is 280 g/mol. The van der Waals surface area contributed by atoms with Gasteiger partial charge in [-0.3, -0.25) is 4.90 Å². The number of methoxy groups -OCH3 is 1. The second kappa shape index (κ2) is 9.88. The molecule has 1 aromatic carbocycles. The van der Waals surface area contributed by atoms with E-state index < -0.39 is 0 Å². The van der Waals surface area contributed by atoms with Crippen molar-refractivity contribution in [1.82, 2.24) is 10.2 Å². The van der Waals surface area contributed by atoms with Crippen LogP contribution in [0.15, 0.2) is 24.3 Å². The second-order valence-electron chi connectivity index (χ2n) is 5.10. The van der Waals surface area contributed by atoms with Crippen LogP contribution in [0.3, 0.4) is 0 Å². The number of hydrogen-bond donors (Lipinski definition) is 2. The van der Waals surface area contributed by atoms with E-state index in [9.17, 15) is 0 Å². The second-order valence-corrected chi connectivity index (χ2v) is 5.10. The van der Waals surface area contributed by atoms with E-state index in [0.717, 1.165) is 19.5 Å². The lowest BCUT2D eigenvalue weighted by Crippen LogP contribution is -2.33. The molecule has 0 saturated heterocycles. The average Bonchev–Trinajstić information content (AvgIpc) is 2.47. The summed E-state index contributed by atoms with van der Waals surface area (Å²) in [6.07, 6.45) is 1.02. The van der Waals surface area contributed by atoms with Gasteiger partial charge < -0.3 is 15.2 Å². The van der Waals surface area contributed by atoms with Crippen molar-refractivity contribution in [2.24, 2.45) is 0 Å². The molecule has 1 atom stereocenters. The minimum absolute atomic E-state index is 0.193. The molecule has 0 amide bonds. The van der Waals surface area contributed by atoms with Crippen molar-refractivity contribution >= 4 is 0 Å². The zero-order chi connectivity index (χ0) is 14.8. The van der Waals surface area contributed by atoms with Crippen LogP contribution in [0.25, 0.3) is 0 Å². The molecule has 0 fully saturated rings. The molecule has 20 heavy (non-hydrogen) atoms. The Morgan fingerprint density at radius 2 is 1.90 bits per heavy atom. The molecule has 0 spiro atoms. The molecule has 0 aromatic heterocycles.